The van der Waals surface area contributed by atoms with Gasteiger partial charge in [-0.2, -0.15) is 0 Å². The standard InChI is InChI=1S/C20H18ClNO4/c1-12(2)10-22-18(23)15-8-7-13(9-16(15)19(22)24)20(25)26-11-14-5-3-4-6-17(14)21/h3-9,12H,10-11H2,1-2H3. The van der Waals surface area contributed by atoms with E-state index in [4.69, 9.17) is 16.3 Å². The number of esters is 1. The summed E-state index contributed by atoms with van der Waals surface area (Å²) in [7, 11) is 0. The second-order valence-electron chi connectivity index (χ2n) is 6.54. The number of nitrogens with zero attached hydrogens (tertiary/aromatic N) is 1. The zero-order chi connectivity index (χ0) is 18.8. The summed E-state index contributed by atoms with van der Waals surface area (Å²) >= 11 is 6.04. The number of carbonyl (C=O) groups excluding carboxylic acids is 3. The third-order valence-electron chi connectivity index (χ3n) is 4.07. The van der Waals surface area contributed by atoms with Crippen LogP contribution in [0.5, 0.6) is 0 Å². The van der Waals surface area contributed by atoms with Gasteiger partial charge in [0.15, 0.2) is 0 Å². The van der Waals surface area contributed by atoms with Gasteiger partial charge < -0.3 is 4.74 Å². The molecule has 2 aromatic carbocycles. The molecule has 1 heterocycles. The molecule has 0 aliphatic carbocycles. The maximum atomic E-state index is 12.5. The Kier molecular flexibility index (Phi) is 5.09. The number of rotatable bonds is 5. The van der Waals surface area contributed by atoms with Gasteiger partial charge in [-0.25, -0.2) is 4.79 Å². The Morgan fingerprint density at radius 2 is 1.77 bits per heavy atom. The highest BCUT2D eigenvalue weighted by Crippen LogP contribution is 2.25. The van der Waals surface area contributed by atoms with E-state index in [1.807, 2.05) is 13.8 Å². The molecule has 2 amide bonds. The van der Waals surface area contributed by atoms with E-state index in [1.165, 1.54) is 23.1 Å². The van der Waals surface area contributed by atoms with Crippen molar-refractivity contribution in [3.05, 3.63) is 69.7 Å². The van der Waals surface area contributed by atoms with Crippen molar-refractivity contribution in [3.63, 3.8) is 0 Å². The normalized spacial score (nSPS) is 13.3. The van der Waals surface area contributed by atoms with Crippen LogP contribution in [0.3, 0.4) is 0 Å². The Bertz CT molecular complexity index is 891. The highest BCUT2D eigenvalue weighted by atomic mass is 35.5. The Balaban J connectivity index is 1.77. The minimum Gasteiger partial charge on any atom is -0.457 e. The maximum Gasteiger partial charge on any atom is 0.338 e. The molecular formula is C20H18ClNO4. The molecule has 0 spiro atoms. The number of imide groups is 1. The quantitative estimate of drug-likeness (QED) is 0.589. The molecule has 5 nitrogen and oxygen atoms in total. The summed E-state index contributed by atoms with van der Waals surface area (Å²) in [6, 6.07) is 11.5. The molecule has 0 bridgehead atoms. The molecule has 0 N–H and O–H groups in total. The molecule has 1 aliphatic rings. The lowest BCUT2D eigenvalue weighted by molar-refractivity contribution is 0.0472. The topological polar surface area (TPSA) is 63.7 Å². The van der Waals surface area contributed by atoms with Crippen LogP contribution >= 0.6 is 11.6 Å². The molecule has 0 atom stereocenters. The average molecular weight is 372 g/mol. The second-order valence-corrected chi connectivity index (χ2v) is 6.95. The molecule has 0 saturated heterocycles. The maximum absolute atomic E-state index is 12.5. The van der Waals surface area contributed by atoms with Gasteiger partial charge in [-0.15, -0.1) is 0 Å². The number of hydrogen-bond acceptors (Lipinski definition) is 4. The predicted octanol–water partition coefficient (Wildman–Crippen LogP) is 3.95. The van der Waals surface area contributed by atoms with Crippen molar-refractivity contribution in [3.8, 4) is 0 Å². The van der Waals surface area contributed by atoms with E-state index in [2.05, 4.69) is 0 Å². The Morgan fingerprint density at radius 3 is 2.46 bits per heavy atom. The van der Waals surface area contributed by atoms with Crippen LogP contribution in [0.4, 0.5) is 0 Å². The molecule has 0 saturated carbocycles. The first kappa shape index (κ1) is 18.1. The highest BCUT2D eigenvalue weighted by Gasteiger charge is 2.36. The van der Waals surface area contributed by atoms with Gasteiger partial charge >= 0.3 is 5.97 Å². The van der Waals surface area contributed by atoms with Crippen LogP contribution < -0.4 is 0 Å². The van der Waals surface area contributed by atoms with E-state index in [-0.39, 0.29) is 35.5 Å². The molecule has 134 valence electrons. The molecule has 0 fully saturated rings. The first-order chi connectivity index (χ1) is 12.4. The first-order valence-corrected chi connectivity index (χ1v) is 8.67. The van der Waals surface area contributed by atoms with Gasteiger partial charge in [-0.05, 0) is 30.2 Å². The molecule has 3 rings (SSSR count). The minimum absolute atomic E-state index is 0.0297. The van der Waals surface area contributed by atoms with Crippen molar-refractivity contribution in [1.29, 1.82) is 0 Å². The number of carbonyl (C=O) groups is 3. The van der Waals surface area contributed by atoms with Crippen LogP contribution in [-0.4, -0.2) is 29.2 Å². The van der Waals surface area contributed by atoms with Crippen molar-refractivity contribution in [2.45, 2.75) is 20.5 Å². The molecule has 0 unspecified atom stereocenters. The molecule has 26 heavy (non-hydrogen) atoms. The van der Waals surface area contributed by atoms with E-state index >= 15 is 0 Å². The molecule has 6 heteroatoms. The fourth-order valence-electron chi connectivity index (χ4n) is 2.79. The second kappa shape index (κ2) is 7.30. The number of ether oxygens (including phenoxy) is 1. The smallest absolute Gasteiger partial charge is 0.338 e. The fraction of sp³-hybridized carbons (Fsp3) is 0.250. The van der Waals surface area contributed by atoms with Crippen molar-refractivity contribution < 1.29 is 19.1 Å². The SMILES string of the molecule is CC(C)CN1C(=O)c2ccc(C(=O)OCc3ccccc3Cl)cc2C1=O. The summed E-state index contributed by atoms with van der Waals surface area (Å²) in [6.07, 6.45) is 0. The van der Waals surface area contributed by atoms with Gasteiger partial charge in [-0.3, -0.25) is 14.5 Å². The molecule has 0 aromatic heterocycles. The van der Waals surface area contributed by atoms with E-state index in [0.717, 1.165) is 0 Å². The number of amides is 2. The lowest BCUT2D eigenvalue weighted by Crippen LogP contribution is -2.33. The van der Waals surface area contributed by atoms with Gasteiger partial charge in [0.1, 0.15) is 6.61 Å². The van der Waals surface area contributed by atoms with Crippen LogP contribution in [0.1, 0.15) is 50.5 Å². The van der Waals surface area contributed by atoms with E-state index in [0.29, 0.717) is 22.7 Å². The molecule has 1 aliphatic heterocycles. The highest BCUT2D eigenvalue weighted by molar-refractivity contribution is 6.31. The summed E-state index contributed by atoms with van der Waals surface area (Å²) in [5.74, 6) is -1.11. The number of halogens is 1. The third kappa shape index (κ3) is 3.48. The van der Waals surface area contributed by atoms with Crippen LogP contribution in [0.2, 0.25) is 5.02 Å². The molecule has 2 aromatic rings. The zero-order valence-electron chi connectivity index (χ0n) is 14.5. The first-order valence-electron chi connectivity index (χ1n) is 8.29. The van der Waals surface area contributed by atoms with Gasteiger partial charge in [0.05, 0.1) is 16.7 Å². The van der Waals surface area contributed by atoms with Gasteiger partial charge in [0.25, 0.3) is 11.8 Å². The number of hydrogen-bond donors (Lipinski definition) is 0. The lowest BCUT2D eigenvalue weighted by atomic mass is 10.1. The number of benzene rings is 2. The predicted molar refractivity (Wildman–Crippen MR) is 97.2 cm³/mol. The Morgan fingerprint density at radius 1 is 1.08 bits per heavy atom. The molecular weight excluding hydrogens is 354 g/mol. The van der Waals surface area contributed by atoms with E-state index < -0.39 is 5.97 Å². The molecule has 0 radical (unpaired) electrons. The van der Waals surface area contributed by atoms with Crippen LogP contribution in [-0.2, 0) is 11.3 Å². The Hall–Kier alpha value is -2.66. The summed E-state index contributed by atoms with van der Waals surface area (Å²) in [5.41, 5.74) is 1.47. The van der Waals surface area contributed by atoms with Crippen molar-refractivity contribution in [2.75, 3.05) is 6.54 Å². The zero-order valence-corrected chi connectivity index (χ0v) is 15.2. The minimum atomic E-state index is -0.574. The van der Waals surface area contributed by atoms with Crippen molar-refractivity contribution >= 4 is 29.4 Å². The van der Waals surface area contributed by atoms with Gasteiger partial charge in [0.2, 0.25) is 0 Å². The summed E-state index contributed by atoms with van der Waals surface area (Å²) in [5, 5.41) is 0.513. The van der Waals surface area contributed by atoms with Crippen molar-refractivity contribution in [1.82, 2.24) is 4.90 Å². The van der Waals surface area contributed by atoms with Crippen LogP contribution in [0.25, 0.3) is 0 Å². The monoisotopic (exact) mass is 371 g/mol. The summed E-state index contributed by atoms with van der Waals surface area (Å²) < 4.78 is 5.28. The van der Waals surface area contributed by atoms with E-state index in [1.54, 1.807) is 24.3 Å². The third-order valence-corrected chi connectivity index (χ3v) is 4.44. The number of fused-ring (bicyclic) bond motifs is 1. The van der Waals surface area contributed by atoms with E-state index in [9.17, 15) is 14.4 Å². The largest absolute Gasteiger partial charge is 0.457 e. The fourth-order valence-corrected chi connectivity index (χ4v) is 2.98. The van der Waals surface area contributed by atoms with Crippen molar-refractivity contribution in [2.24, 2.45) is 5.92 Å². The summed E-state index contributed by atoms with van der Waals surface area (Å²) in [6.45, 7) is 4.24. The van der Waals surface area contributed by atoms with Gasteiger partial charge in [0, 0.05) is 17.1 Å². The van der Waals surface area contributed by atoms with Crippen LogP contribution in [0, 0.1) is 5.92 Å². The lowest BCUT2D eigenvalue weighted by Gasteiger charge is -2.15. The van der Waals surface area contributed by atoms with Crippen LogP contribution in [0.15, 0.2) is 42.5 Å². The van der Waals surface area contributed by atoms with Gasteiger partial charge in [-0.1, -0.05) is 43.6 Å². The summed E-state index contributed by atoms with van der Waals surface area (Å²) in [4.78, 5) is 38.3. The average Bonchev–Trinajstić information content (AvgIpc) is 2.85. The Labute approximate surface area is 156 Å².